The molecule has 2 atom stereocenters. The molecule has 3 heteroatoms. The van der Waals surface area contributed by atoms with Gasteiger partial charge in [0, 0.05) is 25.0 Å². The molecule has 1 saturated heterocycles. The van der Waals surface area contributed by atoms with E-state index in [1.165, 1.54) is 11.1 Å². The molecule has 1 saturated carbocycles. The number of carbonyl (C=O) groups excluding carboxylic acids is 1. The van der Waals surface area contributed by atoms with E-state index in [-0.39, 0.29) is 12.0 Å². The molecular weight excluding hydrogens is 274 g/mol. The second kappa shape index (κ2) is 6.51. The third-order valence-corrected chi connectivity index (χ3v) is 5.03. The largest absolute Gasteiger partial charge is 0.368 e. The van der Waals surface area contributed by atoms with E-state index in [0.717, 1.165) is 25.9 Å². The number of ketones is 1. The van der Waals surface area contributed by atoms with Crippen molar-refractivity contribution in [2.75, 3.05) is 19.7 Å². The van der Waals surface area contributed by atoms with Crippen LogP contribution in [0.2, 0.25) is 0 Å². The predicted molar refractivity (Wildman–Crippen MR) is 88.0 cm³/mol. The van der Waals surface area contributed by atoms with Gasteiger partial charge in [-0.2, -0.15) is 0 Å². The Balaban J connectivity index is 1.65. The zero-order valence-corrected chi connectivity index (χ0v) is 13.9. The quantitative estimate of drug-likeness (QED) is 0.833. The van der Waals surface area contributed by atoms with Gasteiger partial charge in [-0.15, -0.1) is 0 Å². The van der Waals surface area contributed by atoms with E-state index in [1.807, 2.05) is 0 Å². The number of carbonyl (C=O) groups is 1. The van der Waals surface area contributed by atoms with Gasteiger partial charge in [-0.3, -0.25) is 9.69 Å². The first-order chi connectivity index (χ1) is 10.6. The van der Waals surface area contributed by atoms with Crippen molar-refractivity contribution >= 4 is 5.78 Å². The third kappa shape index (κ3) is 3.41. The molecule has 120 valence electrons. The maximum Gasteiger partial charge on any atom is 0.165 e. The van der Waals surface area contributed by atoms with Gasteiger partial charge in [-0.05, 0) is 36.8 Å². The number of morpholine rings is 1. The molecular formula is C19H27NO2. The fourth-order valence-corrected chi connectivity index (χ4v) is 3.19. The zero-order valence-electron chi connectivity index (χ0n) is 13.9. The van der Waals surface area contributed by atoms with E-state index in [4.69, 9.17) is 4.74 Å². The number of ether oxygens (including phenoxy) is 1. The van der Waals surface area contributed by atoms with Gasteiger partial charge in [0.25, 0.3) is 0 Å². The van der Waals surface area contributed by atoms with Crippen LogP contribution in [0.15, 0.2) is 24.3 Å². The van der Waals surface area contributed by atoms with Crippen molar-refractivity contribution in [1.29, 1.82) is 0 Å². The lowest BCUT2D eigenvalue weighted by Gasteiger charge is -2.36. The number of hydrogen-bond donors (Lipinski definition) is 0. The first kappa shape index (κ1) is 15.7. The fourth-order valence-electron chi connectivity index (χ4n) is 3.19. The Morgan fingerprint density at radius 2 is 1.77 bits per heavy atom. The Bertz CT molecular complexity index is 519. The lowest BCUT2D eigenvalue weighted by molar-refractivity contribution is -0.138. The van der Waals surface area contributed by atoms with Crippen LogP contribution in [0.3, 0.4) is 0 Å². The molecule has 1 aliphatic heterocycles. The van der Waals surface area contributed by atoms with Gasteiger partial charge >= 0.3 is 0 Å². The van der Waals surface area contributed by atoms with Crippen LogP contribution >= 0.6 is 0 Å². The Labute approximate surface area is 133 Å². The number of rotatable bonds is 5. The van der Waals surface area contributed by atoms with E-state index in [0.29, 0.717) is 24.3 Å². The van der Waals surface area contributed by atoms with Gasteiger partial charge in [-0.25, -0.2) is 0 Å². The summed E-state index contributed by atoms with van der Waals surface area (Å²) in [4.78, 5) is 14.6. The summed E-state index contributed by atoms with van der Waals surface area (Å²) < 4.78 is 5.72. The number of Topliss-reactive ketones (excluding diaryl/α,β-unsaturated/α-hetero) is 1. The summed E-state index contributed by atoms with van der Waals surface area (Å²) in [5.41, 5.74) is 2.70. The molecule has 1 aromatic carbocycles. The molecule has 0 spiro atoms. The number of nitrogens with zero attached hydrogens (tertiary/aromatic N) is 1. The topological polar surface area (TPSA) is 29.5 Å². The molecule has 0 radical (unpaired) electrons. The van der Waals surface area contributed by atoms with Crippen LogP contribution in [0.25, 0.3) is 0 Å². The van der Waals surface area contributed by atoms with Crippen LogP contribution in [0.5, 0.6) is 0 Å². The Kier molecular flexibility index (Phi) is 4.65. The van der Waals surface area contributed by atoms with E-state index < -0.39 is 0 Å². The predicted octanol–water partition coefficient (Wildman–Crippen LogP) is 3.55. The first-order valence-corrected chi connectivity index (χ1v) is 8.55. The normalized spacial score (nSPS) is 24.5. The van der Waals surface area contributed by atoms with Crippen LogP contribution in [0, 0.1) is 5.92 Å². The highest BCUT2D eigenvalue weighted by Crippen LogP contribution is 2.33. The highest BCUT2D eigenvalue weighted by atomic mass is 16.5. The SMILES string of the molecule is CC(C)c1ccc(C(C)N2CCOC(C(=O)C3CC3)C2)cc1. The zero-order chi connectivity index (χ0) is 15.7. The van der Waals surface area contributed by atoms with Gasteiger partial charge in [0.1, 0.15) is 6.10 Å². The third-order valence-electron chi connectivity index (χ3n) is 5.03. The molecule has 0 amide bonds. The monoisotopic (exact) mass is 301 g/mol. The van der Waals surface area contributed by atoms with Gasteiger partial charge in [0.05, 0.1) is 6.61 Å². The maximum atomic E-state index is 12.2. The van der Waals surface area contributed by atoms with E-state index >= 15 is 0 Å². The Morgan fingerprint density at radius 3 is 2.36 bits per heavy atom. The minimum Gasteiger partial charge on any atom is -0.368 e. The summed E-state index contributed by atoms with van der Waals surface area (Å²) in [6, 6.07) is 9.24. The van der Waals surface area contributed by atoms with Crippen LogP contribution in [0.1, 0.15) is 56.7 Å². The van der Waals surface area contributed by atoms with E-state index in [9.17, 15) is 4.79 Å². The summed E-state index contributed by atoms with van der Waals surface area (Å²) >= 11 is 0. The highest BCUT2D eigenvalue weighted by molar-refractivity contribution is 5.87. The molecule has 1 heterocycles. The molecule has 2 fully saturated rings. The molecule has 0 bridgehead atoms. The molecule has 0 N–H and O–H groups in total. The summed E-state index contributed by atoms with van der Waals surface area (Å²) in [6.45, 7) is 8.97. The van der Waals surface area contributed by atoms with E-state index in [2.05, 4.69) is 49.9 Å². The highest BCUT2D eigenvalue weighted by Gasteiger charge is 2.38. The molecule has 3 nitrogen and oxygen atoms in total. The smallest absolute Gasteiger partial charge is 0.165 e. The Hall–Kier alpha value is -1.19. The second-order valence-electron chi connectivity index (χ2n) is 7.03. The first-order valence-electron chi connectivity index (χ1n) is 8.55. The minimum absolute atomic E-state index is 0.210. The number of hydrogen-bond acceptors (Lipinski definition) is 3. The van der Waals surface area contributed by atoms with Gasteiger partial charge in [-0.1, -0.05) is 38.1 Å². The molecule has 2 aliphatic rings. The molecule has 2 unspecified atom stereocenters. The molecule has 1 aromatic rings. The van der Waals surface area contributed by atoms with Crippen LogP contribution in [-0.2, 0) is 9.53 Å². The fraction of sp³-hybridized carbons (Fsp3) is 0.632. The van der Waals surface area contributed by atoms with Crippen molar-refractivity contribution in [1.82, 2.24) is 4.90 Å². The van der Waals surface area contributed by atoms with Crippen molar-refractivity contribution in [2.24, 2.45) is 5.92 Å². The van der Waals surface area contributed by atoms with Crippen LogP contribution < -0.4 is 0 Å². The lowest BCUT2D eigenvalue weighted by atomic mass is 9.98. The molecule has 3 rings (SSSR count). The summed E-state index contributed by atoms with van der Waals surface area (Å²) in [7, 11) is 0. The standard InChI is InChI=1S/C19H27NO2/c1-13(2)15-4-6-16(7-5-15)14(3)20-10-11-22-18(12-20)19(21)17-8-9-17/h4-7,13-14,17-18H,8-12H2,1-3H3. The molecule has 0 aromatic heterocycles. The summed E-state index contributed by atoms with van der Waals surface area (Å²) in [5, 5.41) is 0. The van der Waals surface area contributed by atoms with Gasteiger partial charge < -0.3 is 4.74 Å². The van der Waals surface area contributed by atoms with Crippen LogP contribution in [-0.4, -0.2) is 36.5 Å². The lowest BCUT2D eigenvalue weighted by Crippen LogP contribution is -2.47. The van der Waals surface area contributed by atoms with Gasteiger partial charge in [0.2, 0.25) is 0 Å². The average molecular weight is 301 g/mol. The average Bonchev–Trinajstić information content (AvgIpc) is 3.38. The van der Waals surface area contributed by atoms with E-state index in [1.54, 1.807) is 0 Å². The van der Waals surface area contributed by atoms with Crippen molar-refractivity contribution in [3.63, 3.8) is 0 Å². The van der Waals surface area contributed by atoms with Crippen LogP contribution in [0.4, 0.5) is 0 Å². The van der Waals surface area contributed by atoms with Crippen molar-refractivity contribution in [3.05, 3.63) is 35.4 Å². The van der Waals surface area contributed by atoms with Crippen molar-refractivity contribution < 1.29 is 9.53 Å². The minimum atomic E-state index is -0.210. The summed E-state index contributed by atoms with van der Waals surface area (Å²) in [6.07, 6.45) is 1.91. The number of benzene rings is 1. The molecule has 22 heavy (non-hydrogen) atoms. The molecule has 1 aliphatic carbocycles. The maximum absolute atomic E-state index is 12.2. The summed E-state index contributed by atoms with van der Waals surface area (Å²) in [5.74, 6) is 1.17. The second-order valence-corrected chi connectivity index (χ2v) is 7.03. The van der Waals surface area contributed by atoms with Gasteiger partial charge in [0.15, 0.2) is 5.78 Å². The van der Waals surface area contributed by atoms with Crippen molar-refractivity contribution in [2.45, 2.75) is 51.7 Å². The van der Waals surface area contributed by atoms with Crippen molar-refractivity contribution in [3.8, 4) is 0 Å². The Morgan fingerprint density at radius 1 is 1.14 bits per heavy atom.